The largest absolute Gasteiger partial charge is 0.435 e. The van der Waals surface area contributed by atoms with Crippen molar-refractivity contribution in [1.29, 1.82) is 0 Å². The van der Waals surface area contributed by atoms with Crippen LogP contribution in [-0.4, -0.2) is 31.1 Å². The van der Waals surface area contributed by atoms with Gasteiger partial charge in [0.25, 0.3) is 0 Å². The predicted molar refractivity (Wildman–Crippen MR) is 89.2 cm³/mol. The molecule has 0 bridgehead atoms. The van der Waals surface area contributed by atoms with E-state index in [1.54, 1.807) is 18.4 Å². The number of nitrogens with one attached hydrogen (secondary N) is 1. The van der Waals surface area contributed by atoms with Crippen molar-refractivity contribution in [1.82, 2.24) is 5.32 Å². The molecule has 0 radical (unpaired) electrons. The number of dihydropyridines is 1. The predicted octanol–water partition coefficient (Wildman–Crippen LogP) is 3.45. The molecule has 1 aliphatic heterocycles. The van der Waals surface area contributed by atoms with E-state index in [2.05, 4.69) is 28.9 Å². The molecule has 2 rings (SSSR count). The van der Waals surface area contributed by atoms with Crippen LogP contribution in [-0.2, 0) is 0 Å². The van der Waals surface area contributed by atoms with Crippen LogP contribution in [0.1, 0.15) is 25.8 Å². The molecule has 0 aromatic heterocycles. The molecular formula is C16H20ClF2N3O. The van der Waals surface area contributed by atoms with Gasteiger partial charge in [0, 0.05) is 12.3 Å². The normalized spacial score (nSPS) is 22.1. The number of alkyl halides is 2. The van der Waals surface area contributed by atoms with Crippen molar-refractivity contribution in [2.24, 2.45) is 10.7 Å². The molecule has 3 unspecified atom stereocenters. The van der Waals surface area contributed by atoms with Crippen LogP contribution in [0.25, 0.3) is 5.57 Å². The van der Waals surface area contributed by atoms with E-state index in [1.165, 1.54) is 12.1 Å². The van der Waals surface area contributed by atoms with Crippen LogP contribution in [0.5, 0.6) is 5.75 Å². The van der Waals surface area contributed by atoms with E-state index in [9.17, 15) is 8.78 Å². The topological polar surface area (TPSA) is 59.6 Å². The fourth-order valence-electron chi connectivity index (χ4n) is 2.32. The van der Waals surface area contributed by atoms with Crippen LogP contribution in [0, 0.1) is 0 Å². The van der Waals surface area contributed by atoms with Crippen LogP contribution in [0.15, 0.2) is 29.3 Å². The third-order valence-electron chi connectivity index (χ3n) is 3.74. The van der Waals surface area contributed by atoms with Gasteiger partial charge < -0.3 is 10.5 Å². The number of benzene rings is 1. The lowest BCUT2D eigenvalue weighted by atomic mass is 9.94. The first-order chi connectivity index (χ1) is 10.9. The monoisotopic (exact) mass is 343 g/mol. The maximum Gasteiger partial charge on any atom is 0.387 e. The first-order valence-electron chi connectivity index (χ1n) is 7.42. The Balaban J connectivity index is 2.21. The van der Waals surface area contributed by atoms with Crippen molar-refractivity contribution >= 4 is 23.4 Å². The van der Waals surface area contributed by atoms with Gasteiger partial charge in [0.05, 0.1) is 11.1 Å². The molecule has 126 valence electrons. The van der Waals surface area contributed by atoms with Gasteiger partial charge >= 0.3 is 6.61 Å². The van der Waals surface area contributed by atoms with Crippen molar-refractivity contribution in [2.45, 2.75) is 45.1 Å². The van der Waals surface area contributed by atoms with Gasteiger partial charge in [-0.1, -0.05) is 18.5 Å². The van der Waals surface area contributed by atoms with Crippen LogP contribution in [0.3, 0.4) is 0 Å². The Morgan fingerprint density at radius 2 is 2.17 bits per heavy atom. The molecule has 23 heavy (non-hydrogen) atoms. The fraction of sp³-hybridized carbons (Fsp3) is 0.438. The molecule has 0 saturated carbocycles. The van der Waals surface area contributed by atoms with E-state index in [4.69, 9.17) is 17.3 Å². The summed E-state index contributed by atoms with van der Waals surface area (Å²) in [6.45, 7) is 1.25. The molecular weight excluding hydrogens is 324 g/mol. The Bertz CT molecular complexity index is 607. The molecule has 1 aromatic carbocycles. The molecule has 3 N–H and O–H groups in total. The summed E-state index contributed by atoms with van der Waals surface area (Å²) >= 11 is 6.21. The van der Waals surface area contributed by atoms with Gasteiger partial charge in [-0.15, -0.1) is 0 Å². The smallest absolute Gasteiger partial charge is 0.387 e. The highest BCUT2D eigenvalue weighted by Crippen LogP contribution is 2.31. The number of nitrogens with two attached hydrogens (primary N) is 1. The zero-order chi connectivity index (χ0) is 17.0. The second kappa shape index (κ2) is 7.86. The van der Waals surface area contributed by atoms with Gasteiger partial charge in [-0.2, -0.15) is 8.78 Å². The number of allylic oxidation sites excluding steroid dienone is 1. The summed E-state index contributed by atoms with van der Waals surface area (Å²) in [6, 6.07) is 4.34. The van der Waals surface area contributed by atoms with E-state index in [1.807, 2.05) is 0 Å². The van der Waals surface area contributed by atoms with E-state index in [0.29, 0.717) is 10.6 Å². The lowest BCUT2D eigenvalue weighted by molar-refractivity contribution is -0.0498. The lowest BCUT2D eigenvalue weighted by Gasteiger charge is -2.29. The zero-order valence-corrected chi connectivity index (χ0v) is 13.7. The Kier molecular flexibility index (Phi) is 6.10. The van der Waals surface area contributed by atoms with Crippen molar-refractivity contribution in [2.75, 3.05) is 0 Å². The van der Waals surface area contributed by atoms with Crippen LogP contribution >= 0.6 is 11.6 Å². The minimum absolute atomic E-state index is 0.0154. The maximum atomic E-state index is 12.3. The Morgan fingerprint density at radius 3 is 2.78 bits per heavy atom. The van der Waals surface area contributed by atoms with Crippen molar-refractivity contribution in [3.8, 4) is 5.75 Å². The molecule has 0 saturated heterocycles. The molecule has 0 amide bonds. The first kappa shape index (κ1) is 17.8. The third-order valence-corrected chi connectivity index (χ3v) is 4.06. The Labute approximate surface area is 139 Å². The van der Waals surface area contributed by atoms with Crippen LogP contribution in [0.4, 0.5) is 8.78 Å². The first-order valence-corrected chi connectivity index (χ1v) is 7.80. The molecule has 1 heterocycles. The third kappa shape index (κ3) is 4.50. The quantitative estimate of drug-likeness (QED) is 0.831. The van der Waals surface area contributed by atoms with Crippen molar-refractivity contribution in [3.63, 3.8) is 0 Å². The molecule has 1 aliphatic rings. The lowest BCUT2D eigenvalue weighted by Crippen LogP contribution is -2.48. The molecule has 1 aromatic rings. The van der Waals surface area contributed by atoms with Crippen molar-refractivity contribution in [3.05, 3.63) is 34.9 Å². The Hall–Kier alpha value is -1.50. The highest BCUT2D eigenvalue weighted by molar-refractivity contribution is 6.32. The summed E-state index contributed by atoms with van der Waals surface area (Å²) in [6.07, 6.45) is 4.17. The summed E-state index contributed by atoms with van der Waals surface area (Å²) in [5.41, 5.74) is 7.78. The average molecular weight is 344 g/mol. The number of nitrogens with zero attached hydrogens (tertiary/aromatic N) is 1. The van der Waals surface area contributed by atoms with E-state index >= 15 is 0 Å². The van der Waals surface area contributed by atoms with Crippen LogP contribution in [0.2, 0.25) is 5.02 Å². The standard InChI is InChI=1S/C16H20ClF2N3O/c1-3-9(2)22-15-14(20)12(6-7-21-15)11-5-4-10(8-13(11)17)23-16(18)19/h4-9,14-16,22H,3,20H2,1-2H3. The summed E-state index contributed by atoms with van der Waals surface area (Å²) in [5.74, 6) is 0.0154. The van der Waals surface area contributed by atoms with Gasteiger partial charge in [0.1, 0.15) is 11.9 Å². The second-order valence-corrected chi connectivity index (χ2v) is 5.79. The van der Waals surface area contributed by atoms with E-state index < -0.39 is 6.61 Å². The molecule has 0 spiro atoms. The van der Waals surface area contributed by atoms with Gasteiger partial charge in [-0.3, -0.25) is 10.3 Å². The van der Waals surface area contributed by atoms with Gasteiger partial charge in [0.15, 0.2) is 0 Å². The molecule has 3 atom stereocenters. The highest BCUT2D eigenvalue weighted by atomic mass is 35.5. The summed E-state index contributed by atoms with van der Waals surface area (Å²) in [7, 11) is 0. The second-order valence-electron chi connectivity index (χ2n) is 5.39. The number of hydrogen-bond acceptors (Lipinski definition) is 4. The Morgan fingerprint density at radius 1 is 1.43 bits per heavy atom. The van der Waals surface area contributed by atoms with E-state index in [0.717, 1.165) is 12.0 Å². The number of halogens is 3. The minimum Gasteiger partial charge on any atom is -0.435 e. The molecule has 7 heteroatoms. The minimum atomic E-state index is -2.88. The average Bonchev–Trinajstić information content (AvgIpc) is 2.49. The molecule has 0 aliphatic carbocycles. The summed E-state index contributed by atoms with van der Waals surface area (Å²) < 4.78 is 28.9. The number of aliphatic imine (C=N–C) groups is 1. The summed E-state index contributed by atoms with van der Waals surface area (Å²) in [4.78, 5) is 4.36. The van der Waals surface area contributed by atoms with E-state index in [-0.39, 0.29) is 24.0 Å². The SMILES string of the molecule is CCC(C)NC1N=CC=C(c2ccc(OC(F)F)cc2Cl)C1N. The number of rotatable bonds is 6. The van der Waals surface area contributed by atoms with Gasteiger partial charge in [0.2, 0.25) is 0 Å². The van der Waals surface area contributed by atoms with Crippen molar-refractivity contribution < 1.29 is 13.5 Å². The van der Waals surface area contributed by atoms with Crippen LogP contribution < -0.4 is 15.8 Å². The molecule has 0 fully saturated rings. The fourth-order valence-corrected chi connectivity index (χ4v) is 2.60. The zero-order valence-electron chi connectivity index (χ0n) is 13.0. The van der Waals surface area contributed by atoms with Gasteiger partial charge in [-0.25, -0.2) is 0 Å². The van der Waals surface area contributed by atoms with Gasteiger partial charge in [-0.05, 0) is 48.8 Å². The molecule has 4 nitrogen and oxygen atoms in total. The summed E-state index contributed by atoms with van der Waals surface area (Å²) in [5, 5.41) is 3.65. The number of hydrogen-bond donors (Lipinski definition) is 2. The number of ether oxygens (including phenoxy) is 1. The maximum absolute atomic E-state index is 12.3. The highest BCUT2D eigenvalue weighted by Gasteiger charge is 2.26.